The second-order valence-corrected chi connectivity index (χ2v) is 7.06. The third kappa shape index (κ3) is 4.27. The number of H-pyrrole nitrogens is 1. The van der Waals surface area contributed by atoms with Crippen LogP contribution in [0.2, 0.25) is 0 Å². The first-order valence-electron chi connectivity index (χ1n) is 9.19. The maximum Gasteiger partial charge on any atom is 0.251 e. The fourth-order valence-corrected chi connectivity index (χ4v) is 3.91. The van der Waals surface area contributed by atoms with Crippen LogP contribution >= 0.6 is 0 Å². The van der Waals surface area contributed by atoms with Gasteiger partial charge in [0.2, 0.25) is 11.8 Å². The highest BCUT2D eigenvalue weighted by atomic mass is 16.2. The molecule has 1 saturated heterocycles. The minimum atomic E-state index is -0.391. The van der Waals surface area contributed by atoms with Crippen molar-refractivity contribution in [3.8, 4) is 0 Å². The van der Waals surface area contributed by atoms with Crippen molar-refractivity contribution in [1.29, 1.82) is 0 Å². The molecule has 7 heteroatoms. The van der Waals surface area contributed by atoms with E-state index >= 15 is 0 Å². The van der Waals surface area contributed by atoms with Gasteiger partial charge in [0.15, 0.2) is 0 Å². The molecule has 2 N–H and O–H groups in total. The summed E-state index contributed by atoms with van der Waals surface area (Å²) in [5.41, 5.74) is 0.296. The van der Waals surface area contributed by atoms with Crippen LogP contribution in [0.1, 0.15) is 56.5 Å². The van der Waals surface area contributed by atoms with E-state index in [9.17, 15) is 14.4 Å². The van der Waals surface area contributed by atoms with Gasteiger partial charge in [0.25, 0.3) is 5.56 Å². The third-order valence-electron chi connectivity index (χ3n) is 5.15. The van der Waals surface area contributed by atoms with Gasteiger partial charge in [-0.15, -0.1) is 0 Å². The number of carbonyl (C=O) groups is 2. The molecule has 2 fully saturated rings. The number of amides is 2. The summed E-state index contributed by atoms with van der Waals surface area (Å²) in [4.78, 5) is 45.4. The highest BCUT2D eigenvalue weighted by Crippen LogP contribution is 2.28. The lowest BCUT2D eigenvalue weighted by Gasteiger charge is -2.30. The molecule has 2 amide bonds. The molecule has 1 aromatic heterocycles. The summed E-state index contributed by atoms with van der Waals surface area (Å²) in [5, 5.41) is 2.84. The third-order valence-corrected chi connectivity index (χ3v) is 5.15. The van der Waals surface area contributed by atoms with Crippen molar-refractivity contribution in [3.63, 3.8) is 0 Å². The number of nitrogens with one attached hydrogen (secondary N) is 2. The first-order valence-corrected chi connectivity index (χ1v) is 9.19. The van der Waals surface area contributed by atoms with Crippen molar-refractivity contribution in [2.45, 2.75) is 64.5 Å². The lowest BCUT2D eigenvalue weighted by molar-refractivity contribution is -0.142. The number of hydrogen-bond donors (Lipinski definition) is 2. The fourth-order valence-electron chi connectivity index (χ4n) is 3.91. The first kappa shape index (κ1) is 17.6. The van der Waals surface area contributed by atoms with Crippen LogP contribution in [0.25, 0.3) is 0 Å². The number of rotatable bonds is 4. The summed E-state index contributed by atoms with van der Waals surface area (Å²) in [5.74, 6) is 0.592. The van der Waals surface area contributed by atoms with Gasteiger partial charge < -0.3 is 15.2 Å². The van der Waals surface area contributed by atoms with Crippen LogP contribution in [0.4, 0.5) is 0 Å². The minimum absolute atomic E-state index is 0.0825. The maximum absolute atomic E-state index is 12.8. The van der Waals surface area contributed by atoms with Gasteiger partial charge in [-0.1, -0.05) is 19.3 Å². The summed E-state index contributed by atoms with van der Waals surface area (Å²) in [6.45, 7) is 2.57. The number of hydrogen-bond acceptors (Lipinski definition) is 4. The van der Waals surface area contributed by atoms with Gasteiger partial charge in [0.1, 0.15) is 11.9 Å². The highest BCUT2D eigenvalue weighted by molar-refractivity contribution is 5.89. The molecule has 0 radical (unpaired) electrons. The van der Waals surface area contributed by atoms with Crippen molar-refractivity contribution in [2.75, 3.05) is 6.54 Å². The molecule has 1 atom stereocenters. The highest BCUT2D eigenvalue weighted by Gasteiger charge is 2.37. The molecule has 0 aromatic carbocycles. The molecule has 1 aliphatic heterocycles. The Morgan fingerprint density at radius 1 is 1.24 bits per heavy atom. The zero-order valence-corrected chi connectivity index (χ0v) is 14.7. The first-order chi connectivity index (χ1) is 12.0. The van der Waals surface area contributed by atoms with Gasteiger partial charge in [0.05, 0.1) is 12.2 Å². The van der Waals surface area contributed by atoms with Gasteiger partial charge in [0, 0.05) is 18.5 Å². The summed E-state index contributed by atoms with van der Waals surface area (Å²) < 4.78 is 0. The van der Waals surface area contributed by atoms with Crippen LogP contribution in [0.3, 0.4) is 0 Å². The molecule has 136 valence electrons. The molecule has 1 aliphatic carbocycles. The van der Waals surface area contributed by atoms with E-state index in [4.69, 9.17) is 0 Å². The van der Waals surface area contributed by atoms with Crippen LogP contribution in [0.5, 0.6) is 0 Å². The number of aryl methyl sites for hydroxylation is 1. The second-order valence-electron chi connectivity index (χ2n) is 7.06. The summed E-state index contributed by atoms with van der Waals surface area (Å²) in [7, 11) is 0. The van der Waals surface area contributed by atoms with Gasteiger partial charge in [-0.25, -0.2) is 4.98 Å². The zero-order valence-electron chi connectivity index (χ0n) is 14.7. The molecule has 1 aromatic rings. The quantitative estimate of drug-likeness (QED) is 0.858. The van der Waals surface area contributed by atoms with Crippen molar-refractivity contribution in [1.82, 2.24) is 20.2 Å². The SMILES string of the molecule is Cc1nc(CNC(=O)[C@@H]2CCCN2C(=O)C2CCCCC2)cc(=O)[nH]1. The van der Waals surface area contributed by atoms with Crippen LogP contribution in [0, 0.1) is 12.8 Å². The van der Waals surface area contributed by atoms with E-state index in [1.165, 1.54) is 12.5 Å². The number of likely N-dealkylation sites (tertiary alicyclic amines) is 1. The van der Waals surface area contributed by atoms with Gasteiger partial charge in [-0.05, 0) is 32.6 Å². The lowest BCUT2D eigenvalue weighted by Crippen LogP contribution is -2.48. The van der Waals surface area contributed by atoms with Crippen molar-refractivity contribution >= 4 is 11.8 Å². The Bertz CT molecular complexity index is 694. The Morgan fingerprint density at radius 2 is 2.00 bits per heavy atom. The molecular formula is C18H26N4O3. The summed E-state index contributed by atoms with van der Waals surface area (Å²) in [6.07, 6.45) is 6.87. The van der Waals surface area contributed by atoms with Crippen molar-refractivity contribution in [3.05, 3.63) is 27.9 Å². The maximum atomic E-state index is 12.8. The van der Waals surface area contributed by atoms with Crippen LogP contribution in [-0.4, -0.2) is 39.3 Å². The van der Waals surface area contributed by atoms with E-state index in [-0.39, 0.29) is 29.8 Å². The van der Waals surface area contributed by atoms with E-state index < -0.39 is 6.04 Å². The average Bonchev–Trinajstić information content (AvgIpc) is 3.09. The predicted octanol–water partition coefficient (Wildman–Crippen LogP) is 1.27. The summed E-state index contributed by atoms with van der Waals surface area (Å²) >= 11 is 0. The molecule has 3 rings (SSSR count). The zero-order chi connectivity index (χ0) is 17.8. The molecule has 2 aliphatic rings. The Morgan fingerprint density at radius 3 is 2.72 bits per heavy atom. The molecule has 25 heavy (non-hydrogen) atoms. The Labute approximate surface area is 147 Å². The van der Waals surface area contributed by atoms with Crippen LogP contribution < -0.4 is 10.9 Å². The van der Waals surface area contributed by atoms with Gasteiger partial charge >= 0.3 is 0 Å². The van der Waals surface area contributed by atoms with E-state index in [1.54, 1.807) is 11.8 Å². The minimum Gasteiger partial charge on any atom is -0.349 e. The molecule has 7 nitrogen and oxygen atoms in total. The Kier molecular flexibility index (Phi) is 5.50. The number of carbonyl (C=O) groups excluding carboxylic acids is 2. The molecule has 2 heterocycles. The molecule has 0 spiro atoms. The molecule has 0 unspecified atom stereocenters. The van der Waals surface area contributed by atoms with Gasteiger partial charge in [-0.2, -0.15) is 0 Å². The van der Waals surface area contributed by atoms with Crippen molar-refractivity contribution in [2.24, 2.45) is 5.92 Å². The fraction of sp³-hybridized carbons (Fsp3) is 0.667. The van der Waals surface area contributed by atoms with Crippen LogP contribution in [0.15, 0.2) is 10.9 Å². The Hall–Kier alpha value is -2.18. The molecule has 1 saturated carbocycles. The normalized spacial score (nSPS) is 21.3. The summed E-state index contributed by atoms with van der Waals surface area (Å²) in [6, 6.07) is 0.991. The largest absolute Gasteiger partial charge is 0.349 e. The molecular weight excluding hydrogens is 320 g/mol. The van der Waals surface area contributed by atoms with Crippen molar-refractivity contribution < 1.29 is 9.59 Å². The molecule has 0 bridgehead atoms. The number of nitrogens with zero attached hydrogens (tertiary/aromatic N) is 2. The van der Waals surface area contributed by atoms with E-state index in [2.05, 4.69) is 15.3 Å². The monoisotopic (exact) mass is 346 g/mol. The average molecular weight is 346 g/mol. The van der Waals surface area contributed by atoms with E-state index in [0.717, 1.165) is 32.1 Å². The van der Waals surface area contributed by atoms with E-state index in [0.29, 0.717) is 24.5 Å². The predicted molar refractivity (Wildman–Crippen MR) is 92.8 cm³/mol. The smallest absolute Gasteiger partial charge is 0.251 e. The number of aromatic amines is 1. The topological polar surface area (TPSA) is 95.2 Å². The standard InChI is InChI=1S/C18H26N4O3/c1-12-20-14(10-16(23)21-12)11-19-17(24)15-8-5-9-22(15)18(25)13-6-3-2-4-7-13/h10,13,15H,2-9,11H2,1H3,(H,19,24)(H,20,21,23)/t15-/m0/s1. The number of aromatic nitrogens is 2. The van der Waals surface area contributed by atoms with Gasteiger partial charge in [-0.3, -0.25) is 14.4 Å². The van der Waals surface area contributed by atoms with Crippen LogP contribution in [-0.2, 0) is 16.1 Å². The second kappa shape index (κ2) is 7.80. The van der Waals surface area contributed by atoms with E-state index in [1.807, 2.05) is 0 Å². The lowest BCUT2D eigenvalue weighted by atomic mass is 9.88. The Balaban J connectivity index is 1.60.